The number of aromatic nitrogens is 3. The first-order chi connectivity index (χ1) is 11.5. The molecule has 6 nitrogen and oxygen atoms in total. The molecule has 0 spiro atoms. The molecule has 0 aliphatic heterocycles. The smallest absolute Gasteiger partial charge is 0.277 e. The van der Waals surface area contributed by atoms with Crippen molar-refractivity contribution in [1.29, 1.82) is 0 Å². The molecule has 24 heavy (non-hydrogen) atoms. The molecule has 0 unspecified atom stereocenters. The number of carbonyl (C=O) groups is 1. The maximum atomic E-state index is 12.5. The van der Waals surface area contributed by atoms with Crippen LogP contribution < -0.4 is 10.6 Å². The number of nitrogens with one attached hydrogen (secondary N) is 2. The van der Waals surface area contributed by atoms with Gasteiger partial charge in [0.1, 0.15) is 10.2 Å². The minimum absolute atomic E-state index is 0.312. The quantitative estimate of drug-likeness (QED) is 0.682. The van der Waals surface area contributed by atoms with Crippen molar-refractivity contribution in [2.75, 3.05) is 10.6 Å². The van der Waals surface area contributed by atoms with Crippen molar-refractivity contribution in [1.82, 2.24) is 15.0 Å². The zero-order valence-corrected chi connectivity index (χ0v) is 14.6. The van der Waals surface area contributed by atoms with Crippen molar-refractivity contribution in [3.8, 4) is 0 Å². The van der Waals surface area contributed by atoms with Crippen LogP contribution in [0.1, 0.15) is 21.2 Å². The number of nitrogens with zero attached hydrogens (tertiary/aromatic N) is 3. The molecule has 0 fully saturated rings. The second kappa shape index (κ2) is 6.94. The van der Waals surface area contributed by atoms with Gasteiger partial charge >= 0.3 is 0 Å². The van der Waals surface area contributed by atoms with Crippen LogP contribution in [0, 0.1) is 13.8 Å². The van der Waals surface area contributed by atoms with Crippen molar-refractivity contribution in [2.45, 2.75) is 13.8 Å². The first-order valence-electron chi connectivity index (χ1n) is 7.12. The molecule has 0 aliphatic rings. The van der Waals surface area contributed by atoms with E-state index in [9.17, 15) is 4.79 Å². The van der Waals surface area contributed by atoms with Gasteiger partial charge in [-0.1, -0.05) is 11.6 Å². The predicted molar refractivity (Wildman–Crippen MR) is 96.3 cm³/mol. The maximum absolute atomic E-state index is 12.5. The van der Waals surface area contributed by atoms with Crippen molar-refractivity contribution < 1.29 is 4.79 Å². The van der Waals surface area contributed by atoms with Crippen molar-refractivity contribution >= 4 is 45.2 Å². The van der Waals surface area contributed by atoms with E-state index in [1.54, 1.807) is 18.3 Å². The lowest BCUT2D eigenvalue weighted by atomic mass is 10.3. The lowest BCUT2D eigenvalue weighted by Gasteiger charge is -2.09. The van der Waals surface area contributed by atoms with Crippen molar-refractivity contribution in [3.05, 3.63) is 58.2 Å². The van der Waals surface area contributed by atoms with Gasteiger partial charge in [-0.3, -0.25) is 9.78 Å². The topological polar surface area (TPSA) is 79.8 Å². The number of rotatable bonds is 4. The van der Waals surface area contributed by atoms with Crippen LogP contribution >= 0.6 is 22.9 Å². The second-order valence-corrected chi connectivity index (χ2v) is 6.58. The van der Waals surface area contributed by atoms with E-state index in [1.807, 2.05) is 26.0 Å². The van der Waals surface area contributed by atoms with Crippen molar-refractivity contribution in [3.63, 3.8) is 0 Å². The van der Waals surface area contributed by atoms with Gasteiger partial charge in [0.25, 0.3) is 5.91 Å². The zero-order valence-electron chi connectivity index (χ0n) is 13.0. The fourth-order valence-corrected chi connectivity index (χ4v) is 3.08. The Labute approximate surface area is 148 Å². The van der Waals surface area contributed by atoms with E-state index in [0.717, 1.165) is 16.4 Å². The van der Waals surface area contributed by atoms with E-state index >= 15 is 0 Å². The fraction of sp³-hybridized carbons (Fsp3) is 0.125. The van der Waals surface area contributed by atoms with Crippen LogP contribution in [-0.2, 0) is 0 Å². The minimum atomic E-state index is -0.314. The lowest BCUT2D eigenvalue weighted by molar-refractivity contribution is 0.102. The Morgan fingerprint density at radius 3 is 2.79 bits per heavy atom. The van der Waals surface area contributed by atoms with Crippen LogP contribution in [0.2, 0.25) is 5.15 Å². The summed E-state index contributed by atoms with van der Waals surface area (Å²) < 4.78 is 0. The summed E-state index contributed by atoms with van der Waals surface area (Å²) in [6.45, 7) is 3.75. The van der Waals surface area contributed by atoms with Gasteiger partial charge in [0.2, 0.25) is 0 Å². The highest BCUT2D eigenvalue weighted by Gasteiger charge is 2.18. The van der Waals surface area contributed by atoms with E-state index in [0.29, 0.717) is 21.5 Å². The Morgan fingerprint density at radius 2 is 2.04 bits per heavy atom. The van der Waals surface area contributed by atoms with E-state index in [1.165, 1.54) is 17.5 Å². The van der Waals surface area contributed by atoms with E-state index < -0.39 is 0 Å². The second-order valence-electron chi connectivity index (χ2n) is 4.99. The molecule has 0 bridgehead atoms. The number of halogens is 1. The predicted octanol–water partition coefficient (Wildman–Crippen LogP) is 4.20. The van der Waals surface area contributed by atoms with Crippen LogP contribution in [-0.4, -0.2) is 20.9 Å². The average Bonchev–Trinajstić information content (AvgIpc) is 2.90. The highest BCUT2D eigenvalue weighted by molar-refractivity contribution is 7.16. The first-order valence-corrected chi connectivity index (χ1v) is 8.31. The lowest BCUT2D eigenvalue weighted by Crippen LogP contribution is -2.14. The third-order valence-electron chi connectivity index (χ3n) is 3.19. The number of hydrogen-bond donors (Lipinski definition) is 2. The Bertz CT molecular complexity index is 896. The average molecular weight is 360 g/mol. The van der Waals surface area contributed by atoms with Gasteiger partial charge in [-0.25, -0.2) is 9.97 Å². The van der Waals surface area contributed by atoms with Crippen LogP contribution in [0.5, 0.6) is 0 Å². The van der Waals surface area contributed by atoms with Gasteiger partial charge in [-0.05, 0) is 38.1 Å². The van der Waals surface area contributed by atoms with Crippen molar-refractivity contribution in [2.24, 2.45) is 0 Å². The van der Waals surface area contributed by atoms with E-state index in [-0.39, 0.29) is 5.91 Å². The highest BCUT2D eigenvalue weighted by Crippen LogP contribution is 2.29. The Hall–Kier alpha value is -2.51. The molecular formula is C16H14ClN5OS. The van der Waals surface area contributed by atoms with Crippen LogP contribution in [0.4, 0.5) is 16.4 Å². The zero-order chi connectivity index (χ0) is 17.1. The summed E-state index contributed by atoms with van der Waals surface area (Å²) in [6, 6.07) is 6.99. The largest absolute Gasteiger partial charge is 0.344 e. The molecule has 0 saturated carbocycles. The summed E-state index contributed by atoms with van der Waals surface area (Å²) >= 11 is 7.25. The molecule has 3 rings (SSSR count). The number of aryl methyl sites for hydroxylation is 2. The monoisotopic (exact) mass is 359 g/mol. The number of thiazole rings is 1. The molecule has 0 aromatic carbocycles. The third kappa shape index (κ3) is 3.69. The fourth-order valence-electron chi connectivity index (χ4n) is 2.07. The van der Waals surface area contributed by atoms with Gasteiger partial charge in [0.05, 0.1) is 16.4 Å². The van der Waals surface area contributed by atoms with Gasteiger partial charge in [0, 0.05) is 18.1 Å². The Kier molecular flexibility index (Phi) is 4.73. The number of carbonyl (C=O) groups excluding carboxylic acids is 1. The van der Waals surface area contributed by atoms with Gasteiger partial charge in [-0.15, -0.1) is 11.3 Å². The molecule has 0 saturated heterocycles. The van der Waals surface area contributed by atoms with Gasteiger partial charge in [0.15, 0.2) is 5.69 Å². The summed E-state index contributed by atoms with van der Waals surface area (Å²) in [5.41, 5.74) is 2.57. The van der Waals surface area contributed by atoms with Crippen LogP contribution in [0.25, 0.3) is 0 Å². The highest BCUT2D eigenvalue weighted by atomic mass is 35.5. The number of hydrogen-bond acceptors (Lipinski definition) is 6. The SMILES string of the molecule is Cc1nc(C(=O)Nc2ccnc(Cl)c2)c(Nc2cccnc2C)s1. The molecule has 0 aliphatic carbocycles. The van der Waals surface area contributed by atoms with Crippen LogP contribution in [0.15, 0.2) is 36.7 Å². The molecule has 0 atom stereocenters. The molecule has 8 heteroatoms. The summed E-state index contributed by atoms with van der Waals surface area (Å²) in [4.78, 5) is 25.0. The standard InChI is InChI=1S/C16H14ClN5OS/c1-9-12(4-3-6-18-9)22-16-14(20-10(2)24-16)15(23)21-11-5-7-19-13(17)8-11/h3-8,22H,1-2H3,(H,19,21,23). The molecule has 0 radical (unpaired) electrons. The Morgan fingerprint density at radius 1 is 1.21 bits per heavy atom. The third-order valence-corrected chi connectivity index (χ3v) is 4.28. The molecule has 122 valence electrons. The normalized spacial score (nSPS) is 10.5. The van der Waals surface area contributed by atoms with E-state index in [2.05, 4.69) is 25.6 Å². The summed E-state index contributed by atoms with van der Waals surface area (Å²) in [5.74, 6) is -0.314. The van der Waals surface area contributed by atoms with Crippen LogP contribution in [0.3, 0.4) is 0 Å². The minimum Gasteiger partial charge on any atom is -0.344 e. The summed E-state index contributed by atoms with van der Waals surface area (Å²) in [5, 5.41) is 7.78. The van der Waals surface area contributed by atoms with E-state index in [4.69, 9.17) is 11.6 Å². The van der Waals surface area contributed by atoms with Gasteiger partial charge < -0.3 is 10.6 Å². The number of amides is 1. The number of anilines is 3. The maximum Gasteiger partial charge on any atom is 0.277 e. The number of pyridine rings is 2. The summed E-state index contributed by atoms with van der Waals surface area (Å²) in [7, 11) is 0. The first kappa shape index (κ1) is 16.4. The van der Waals surface area contributed by atoms with Gasteiger partial charge in [-0.2, -0.15) is 0 Å². The summed E-state index contributed by atoms with van der Waals surface area (Å²) in [6.07, 6.45) is 3.25. The molecule has 3 aromatic rings. The Balaban J connectivity index is 1.86. The molecule has 3 aromatic heterocycles. The molecule has 1 amide bonds. The molecular weight excluding hydrogens is 346 g/mol. The molecule has 2 N–H and O–H groups in total. The molecule has 3 heterocycles.